The van der Waals surface area contributed by atoms with Gasteiger partial charge in [-0.3, -0.25) is 0 Å². The highest BCUT2D eigenvalue weighted by Gasteiger charge is 2.29. The Hall–Kier alpha value is -1.56. The van der Waals surface area contributed by atoms with E-state index in [1.54, 1.807) is 0 Å². The number of hydrogen-bond acceptors (Lipinski definition) is 3. The largest absolute Gasteiger partial charge is 0.375 e. The summed E-state index contributed by atoms with van der Waals surface area (Å²) in [5.41, 5.74) is 6.68. The molecule has 0 radical (unpaired) electrons. The SMILES string of the molecule is Nc1nc(C2CC2)c(Cc2ccc(F)c(F)c2F)s1. The van der Waals surface area contributed by atoms with Crippen LogP contribution < -0.4 is 5.73 Å². The molecule has 1 aliphatic rings. The number of nitrogens with two attached hydrogens (primary N) is 1. The van der Waals surface area contributed by atoms with Crippen molar-refractivity contribution >= 4 is 16.5 Å². The first-order valence-electron chi connectivity index (χ1n) is 5.93. The smallest absolute Gasteiger partial charge is 0.194 e. The molecule has 0 atom stereocenters. The minimum absolute atomic E-state index is 0.129. The van der Waals surface area contributed by atoms with Gasteiger partial charge in [-0.1, -0.05) is 6.07 Å². The maximum Gasteiger partial charge on any atom is 0.194 e. The van der Waals surface area contributed by atoms with Crippen LogP contribution in [-0.2, 0) is 6.42 Å². The molecule has 100 valence electrons. The van der Waals surface area contributed by atoms with Crippen molar-refractivity contribution in [3.05, 3.63) is 45.7 Å². The zero-order valence-corrected chi connectivity index (χ0v) is 10.7. The number of hydrogen-bond donors (Lipinski definition) is 1. The first-order chi connectivity index (χ1) is 9.06. The summed E-state index contributed by atoms with van der Waals surface area (Å²) in [6.45, 7) is 0. The van der Waals surface area contributed by atoms with E-state index in [1.165, 1.54) is 17.4 Å². The second-order valence-electron chi connectivity index (χ2n) is 4.65. The summed E-state index contributed by atoms with van der Waals surface area (Å²) >= 11 is 1.28. The van der Waals surface area contributed by atoms with Crippen LogP contribution in [0.1, 0.15) is 34.9 Å². The Kier molecular flexibility index (Phi) is 2.97. The average molecular weight is 284 g/mol. The van der Waals surface area contributed by atoms with Crippen LogP contribution >= 0.6 is 11.3 Å². The molecular formula is C13H11F3N2S. The minimum atomic E-state index is -1.43. The van der Waals surface area contributed by atoms with E-state index in [4.69, 9.17) is 5.73 Å². The molecule has 3 rings (SSSR count). The number of nitrogens with zero attached hydrogens (tertiary/aromatic N) is 1. The van der Waals surface area contributed by atoms with Crippen LogP contribution in [0.25, 0.3) is 0 Å². The molecule has 1 saturated carbocycles. The number of rotatable bonds is 3. The number of anilines is 1. The topological polar surface area (TPSA) is 38.9 Å². The van der Waals surface area contributed by atoms with E-state index in [9.17, 15) is 13.2 Å². The minimum Gasteiger partial charge on any atom is -0.375 e. The van der Waals surface area contributed by atoms with Gasteiger partial charge in [-0.05, 0) is 24.5 Å². The molecule has 0 amide bonds. The number of thiazole rings is 1. The van der Waals surface area contributed by atoms with Gasteiger partial charge in [-0.25, -0.2) is 18.2 Å². The van der Waals surface area contributed by atoms with Crippen LogP contribution in [0.4, 0.5) is 18.3 Å². The van der Waals surface area contributed by atoms with Crippen LogP contribution in [-0.4, -0.2) is 4.98 Å². The van der Waals surface area contributed by atoms with Crippen molar-refractivity contribution in [3.8, 4) is 0 Å². The van der Waals surface area contributed by atoms with E-state index in [1.807, 2.05) is 0 Å². The van der Waals surface area contributed by atoms with Gasteiger partial charge in [-0.2, -0.15) is 0 Å². The highest BCUT2D eigenvalue weighted by Crippen LogP contribution is 2.43. The summed E-state index contributed by atoms with van der Waals surface area (Å²) in [5.74, 6) is -3.35. The highest BCUT2D eigenvalue weighted by atomic mass is 32.1. The lowest BCUT2D eigenvalue weighted by molar-refractivity contribution is 0.442. The van der Waals surface area contributed by atoms with Gasteiger partial charge in [0.25, 0.3) is 0 Å². The van der Waals surface area contributed by atoms with E-state index in [0.717, 1.165) is 29.5 Å². The Balaban J connectivity index is 1.95. The van der Waals surface area contributed by atoms with Crippen LogP contribution in [0.3, 0.4) is 0 Å². The number of nitrogen functional groups attached to an aromatic ring is 1. The molecule has 2 nitrogen and oxygen atoms in total. The molecule has 0 aliphatic heterocycles. The quantitative estimate of drug-likeness (QED) is 0.874. The van der Waals surface area contributed by atoms with Crippen LogP contribution in [0.5, 0.6) is 0 Å². The maximum atomic E-state index is 13.6. The summed E-state index contributed by atoms with van der Waals surface area (Å²) in [6.07, 6.45) is 2.30. The van der Waals surface area contributed by atoms with Crippen LogP contribution in [0.2, 0.25) is 0 Å². The third-order valence-corrected chi connectivity index (χ3v) is 4.07. The van der Waals surface area contributed by atoms with Crippen LogP contribution in [0, 0.1) is 17.5 Å². The fourth-order valence-corrected chi connectivity index (χ4v) is 3.00. The fraction of sp³-hybridized carbons (Fsp3) is 0.308. The molecule has 0 saturated heterocycles. The normalized spacial score (nSPS) is 14.9. The van der Waals surface area contributed by atoms with Gasteiger partial charge < -0.3 is 5.73 Å². The summed E-state index contributed by atoms with van der Waals surface area (Å²) in [6, 6.07) is 2.20. The summed E-state index contributed by atoms with van der Waals surface area (Å²) in [4.78, 5) is 5.08. The molecule has 1 aliphatic carbocycles. The van der Waals surface area contributed by atoms with Gasteiger partial charge in [0.05, 0.1) is 5.69 Å². The Morgan fingerprint density at radius 3 is 2.63 bits per heavy atom. The molecule has 0 spiro atoms. The molecule has 1 heterocycles. The summed E-state index contributed by atoms with van der Waals surface area (Å²) in [5, 5.41) is 0.430. The second kappa shape index (κ2) is 4.52. The van der Waals surface area contributed by atoms with E-state index < -0.39 is 17.5 Å². The van der Waals surface area contributed by atoms with Gasteiger partial charge in [0.1, 0.15) is 0 Å². The van der Waals surface area contributed by atoms with E-state index >= 15 is 0 Å². The Bertz CT molecular complexity index is 635. The average Bonchev–Trinajstić information content (AvgIpc) is 3.15. The molecule has 1 fully saturated rings. The molecule has 2 N–H and O–H groups in total. The number of benzene rings is 1. The molecule has 19 heavy (non-hydrogen) atoms. The van der Waals surface area contributed by atoms with Crippen molar-refractivity contribution in [2.24, 2.45) is 0 Å². The predicted octanol–water partition coefficient (Wildman–Crippen LogP) is 3.61. The lowest BCUT2D eigenvalue weighted by Crippen LogP contribution is -1.99. The Labute approximate surface area is 112 Å². The molecule has 2 aromatic rings. The van der Waals surface area contributed by atoms with E-state index in [0.29, 0.717) is 11.0 Å². The first kappa shape index (κ1) is 12.5. The van der Waals surface area contributed by atoms with Crippen LogP contribution in [0.15, 0.2) is 12.1 Å². The van der Waals surface area contributed by atoms with E-state index in [2.05, 4.69) is 4.98 Å². The number of aromatic nitrogens is 1. The van der Waals surface area contributed by atoms with Crippen molar-refractivity contribution in [3.63, 3.8) is 0 Å². The third-order valence-electron chi connectivity index (χ3n) is 3.17. The lowest BCUT2D eigenvalue weighted by atomic mass is 10.1. The standard InChI is InChI=1S/C13H11F3N2S/c14-8-4-3-7(10(15)11(8)16)5-9-12(6-1-2-6)18-13(17)19-9/h3-4,6H,1-2,5H2,(H2,17,18). The number of halogens is 3. The summed E-state index contributed by atoms with van der Waals surface area (Å²) < 4.78 is 39.7. The lowest BCUT2D eigenvalue weighted by Gasteiger charge is -2.04. The predicted molar refractivity (Wildman–Crippen MR) is 67.6 cm³/mol. The van der Waals surface area contributed by atoms with E-state index in [-0.39, 0.29) is 12.0 Å². The van der Waals surface area contributed by atoms with Crippen molar-refractivity contribution in [2.45, 2.75) is 25.2 Å². The zero-order chi connectivity index (χ0) is 13.6. The van der Waals surface area contributed by atoms with Gasteiger partial charge in [-0.15, -0.1) is 11.3 Å². The Morgan fingerprint density at radius 2 is 1.95 bits per heavy atom. The second-order valence-corrected chi connectivity index (χ2v) is 5.76. The van der Waals surface area contributed by atoms with Gasteiger partial charge in [0, 0.05) is 17.2 Å². The molecule has 1 aromatic heterocycles. The fourth-order valence-electron chi connectivity index (χ4n) is 2.06. The van der Waals surface area contributed by atoms with Gasteiger partial charge >= 0.3 is 0 Å². The maximum absolute atomic E-state index is 13.6. The highest BCUT2D eigenvalue weighted by molar-refractivity contribution is 7.15. The van der Waals surface area contributed by atoms with Gasteiger partial charge in [0.2, 0.25) is 0 Å². The van der Waals surface area contributed by atoms with Crippen molar-refractivity contribution < 1.29 is 13.2 Å². The first-order valence-corrected chi connectivity index (χ1v) is 6.75. The third kappa shape index (κ3) is 2.32. The molecular weight excluding hydrogens is 273 g/mol. The Morgan fingerprint density at radius 1 is 1.21 bits per heavy atom. The monoisotopic (exact) mass is 284 g/mol. The van der Waals surface area contributed by atoms with Gasteiger partial charge in [0.15, 0.2) is 22.6 Å². The van der Waals surface area contributed by atoms with Crippen molar-refractivity contribution in [2.75, 3.05) is 5.73 Å². The summed E-state index contributed by atoms with van der Waals surface area (Å²) in [7, 11) is 0. The van der Waals surface area contributed by atoms with Crippen molar-refractivity contribution in [1.82, 2.24) is 4.98 Å². The molecule has 0 bridgehead atoms. The molecule has 0 unspecified atom stereocenters. The van der Waals surface area contributed by atoms with Crippen molar-refractivity contribution in [1.29, 1.82) is 0 Å². The molecule has 1 aromatic carbocycles. The molecule has 6 heteroatoms. The zero-order valence-electron chi connectivity index (χ0n) is 9.92.